The molecule has 3 aromatic carbocycles. The van der Waals surface area contributed by atoms with Gasteiger partial charge in [-0.3, -0.25) is 4.79 Å². The molecule has 3 aromatic rings. The van der Waals surface area contributed by atoms with E-state index in [2.05, 4.69) is 0 Å². The molecule has 0 aromatic heterocycles. The Kier molecular flexibility index (Phi) is 4.89. The van der Waals surface area contributed by atoms with Crippen molar-refractivity contribution in [2.45, 2.75) is 18.7 Å². The molecule has 5 heteroatoms. The maximum atomic E-state index is 16.0. The molecule has 0 amide bonds. The van der Waals surface area contributed by atoms with Crippen LogP contribution in [0.5, 0.6) is 5.75 Å². The number of rotatable bonds is 4. The van der Waals surface area contributed by atoms with Gasteiger partial charge in [-0.15, -0.1) is 0 Å². The van der Waals surface area contributed by atoms with Gasteiger partial charge in [-0.2, -0.15) is 0 Å². The molecule has 0 saturated heterocycles. The number of halogens is 1. The number of ketones is 1. The van der Waals surface area contributed by atoms with Crippen molar-refractivity contribution in [3.8, 4) is 16.9 Å². The van der Waals surface area contributed by atoms with Gasteiger partial charge in [-0.05, 0) is 35.7 Å². The number of alkyl halides is 1. The number of esters is 1. The number of benzene rings is 3. The molecule has 1 aliphatic rings. The summed E-state index contributed by atoms with van der Waals surface area (Å²) in [6, 6.07) is 23.0. The molecule has 2 atom stereocenters. The normalized spacial score (nSPS) is 20.5. The lowest BCUT2D eigenvalue weighted by Gasteiger charge is -2.35. The lowest BCUT2D eigenvalue weighted by molar-refractivity contribution is -0.160. The summed E-state index contributed by atoms with van der Waals surface area (Å²) in [6.07, 6.45) is -1.44. The summed E-state index contributed by atoms with van der Waals surface area (Å²) in [7, 11) is 0. The second-order valence-corrected chi connectivity index (χ2v) is 6.74. The maximum absolute atomic E-state index is 16.0. The van der Waals surface area contributed by atoms with Crippen LogP contribution in [0.2, 0.25) is 0 Å². The van der Waals surface area contributed by atoms with Crippen LogP contribution in [0.15, 0.2) is 78.9 Å². The van der Waals surface area contributed by atoms with Crippen LogP contribution in [0.1, 0.15) is 28.9 Å². The number of carbonyl (C=O) groups is 2. The first kappa shape index (κ1) is 18.9. The van der Waals surface area contributed by atoms with Crippen molar-refractivity contribution in [1.82, 2.24) is 0 Å². The molecule has 4 nitrogen and oxygen atoms in total. The van der Waals surface area contributed by atoms with Crippen LogP contribution in [0.4, 0.5) is 4.39 Å². The zero-order chi connectivity index (χ0) is 20.4. The first-order chi connectivity index (χ1) is 14.1. The minimum absolute atomic E-state index is 0.0280. The van der Waals surface area contributed by atoms with Gasteiger partial charge in [0.2, 0.25) is 5.78 Å². The number of hydrogen-bond acceptors (Lipinski definition) is 4. The fraction of sp³-hybridized carbons (Fsp3) is 0.167. The van der Waals surface area contributed by atoms with Crippen molar-refractivity contribution < 1.29 is 23.5 Å². The molecule has 0 N–H and O–H groups in total. The van der Waals surface area contributed by atoms with Crippen molar-refractivity contribution in [3.63, 3.8) is 0 Å². The summed E-state index contributed by atoms with van der Waals surface area (Å²) in [4.78, 5) is 25.5. The third-order valence-corrected chi connectivity index (χ3v) is 4.96. The Morgan fingerprint density at radius 1 is 0.966 bits per heavy atom. The van der Waals surface area contributed by atoms with Gasteiger partial charge in [0.05, 0.1) is 12.2 Å². The van der Waals surface area contributed by atoms with Gasteiger partial charge in [0.25, 0.3) is 0 Å². The first-order valence-electron chi connectivity index (χ1n) is 9.37. The van der Waals surface area contributed by atoms with Gasteiger partial charge in [0.15, 0.2) is 6.10 Å². The summed E-state index contributed by atoms with van der Waals surface area (Å²) in [6.45, 7) is 1.52. The summed E-state index contributed by atoms with van der Waals surface area (Å²) < 4.78 is 26.8. The van der Waals surface area contributed by atoms with E-state index in [4.69, 9.17) is 9.47 Å². The Labute approximate surface area is 167 Å². The van der Waals surface area contributed by atoms with Crippen molar-refractivity contribution in [2.24, 2.45) is 0 Å². The van der Waals surface area contributed by atoms with Gasteiger partial charge in [0, 0.05) is 0 Å². The highest BCUT2D eigenvalue weighted by molar-refractivity contribution is 6.18. The van der Waals surface area contributed by atoms with E-state index < -0.39 is 23.5 Å². The molecule has 0 fully saturated rings. The largest absolute Gasteiger partial charge is 0.480 e. The van der Waals surface area contributed by atoms with E-state index in [1.807, 2.05) is 42.5 Å². The Morgan fingerprint density at radius 3 is 2.28 bits per heavy atom. The molecular formula is C24H19FO4. The van der Waals surface area contributed by atoms with E-state index in [1.165, 1.54) is 6.07 Å². The molecule has 0 bridgehead atoms. The Bertz CT molecular complexity index is 1050. The van der Waals surface area contributed by atoms with Crippen molar-refractivity contribution >= 4 is 11.8 Å². The van der Waals surface area contributed by atoms with Crippen LogP contribution in [-0.2, 0) is 9.53 Å². The summed E-state index contributed by atoms with van der Waals surface area (Å²) in [5.74, 6) is -1.95. The predicted molar refractivity (Wildman–Crippen MR) is 106 cm³/mol. The Balaban J connectivity index is 1.77. The van der Waals surface area contributed by atoms with Crippen LogP contribution < -0.4 is 4.74 Å². The maximum Gasteiger partial charge on any atom is 0.356 e. The van der Waals surface area contributed by atoms with Gasteiger partial charge >= 0.3 is 11.6 Å². The molecule has 0 radical (unpaired) electrons. The highest BCUT2D eigenvalue weighted by Gasteiger charge is 2.60. The van der Waals surface area contributed by atoms with Gasteiger partial charge in [-0.25, -0.2) is 9.18 Å². The van der Waals surface area contributed by atoms with E-state index >= 15 is 4.39 Å². The molecule has 0 unspecified atom stereocenters. The molecule has 1 heterocycles. The minimum atomic E-state index is -2.96. The van der Waals surface area contributed by atoms with Gasteiger partial charge in [-0.1, -0.05) is 66.7 Å². The number of fused-ring (bicyclic) bond motifs is 1. The number of carbonyl (C=O) groups excluding carboxylic acids is 2. The van der Waals surface area contributed by atoms with Crippen molar-refractivity contribution in [2.75, 3.05) is 6.61 Å². The van der Waals surface area contributed by atoms with Crippen LogP contribution >= 0.6 is 0 Å². The second kappa shape index (κ2) is 7.51. The van der Waals surface area contributed by atoms with Crippen LogP contribution in [0.25, 0.3) is 11.1 Å². The monoisotopic (exact) mass is 390 g/mol. The number of Topliss-reactive ketones (excluding diaryl/α,β-unsaturated/α-hetero) is 1. The van der Waals surface area contributed by atoms with Crippen LogP contribution in [0, 0.1) is 0 Å². The highest BCUT2D eigenvalue weighted by atomic mass is 19.1. The fourth-order valence-electron chi connectivity index (χ4n) is 3.49. The summed E-state index contributed by atoms with van der Waals surface area (Å²) in [5.41, 5.74) is -0.624. The number of para-hydroxylation sites is 1. The molecule has 1 aliphatic heterocycles. The topological polar surface area (TPSA) is 52.6 Å². The minimum Gasteiger partial charge on any atom is -0.480 e. The third-order valence-electron chi connectivity index (χ3n) is 4.96. The molecule has 146 valence electrons. The zero-order valence-electron chi connectivity index (χ0n) is 15.8. The third kappa shape index (κ3) is 3.18. The fourth-order valence-corrected chi connectivity index (χ4v) is 3.49. The summed E-state index contributed by atoms with van der Waals surface area (Å²) in [5, 5.41) is 0. The summed E-state index contributed by atoms with van der Waals surface area (Å²) >= 11 is 0. The highest BCUT2D eigenvalue weighted by Crippen LogP contribution is 2.44. The average molecular weight is 390 g/mol. The van der Waals surface area contributed by atoms with E-state index in [0.717, 1.165) is 11.1 Å². The van der Waals surface area contributed by atoms with Crippen molar-refractivity contribution in [3.05, 3.63) is 90.0 Å². The molecule has 0 spiro atoms. The SMILES string of the molecule is CCOC(=O)[C@]1(F)C(=O)c2ccccc2O[C@@H]1c1ccc(-c2ccccc2)cc1. The van der Waals surface area contributed by atoms with E-state index in [0.29, 0.717) is 5.56 Å². The number of hydrogen-bond donors (Lipinski definition) is 0. The molecule has 0 saturated carbocycles. The van der Waals surface area contributed by atoms with E-state index in [9.17, 15) is 9.59 Å². The Morgan fingerprint density at radius 2 is 1.59 bits per heavy atom. The van der Waals surface area contributed by atoms with Crippen LogP contribution in [-0.4, -0.2) is 24.0 Å². The Hall–Kier alpha value is -3.47. The van der Waals surface area contributed by atoms with Gasteiger partial charge < -0.3 is 9.47 Å². The average Bonchev–Trinajstić information content (AvgIpc) is 2.77. The lowest BCUT2D eigenvalue weighted by Crippen LogP contribution is -2.53. The predicted octanol–water partition coefficient (Wildman–Crippen LogP) is 4.94. The first-order valence-corrected chi connectivity index (χ1v) is 9.37. The van der Waals surface area contributed by atoms with E-state index in [1.54, 1.807) is 37.3 Å². The van der Waals surface area contributed by atoms with E-state index in [-0.39, 0.29) is 17.9 Å². The standard InChI is InChI=1S/C24H19FO4/c1-2-28-23(27)24(25)21(26)19-10-6-7-11-20(19)29-22(24)18-14-12-17(13-15-18)16-8-4-3-5-9-16/h3-15,22H,2H2,1H3/t22-,24+/m1/s1. The molecule has 4 rings (SSSR count). The number of ether oxygens (including phenoxy) is 2. The van der Waals surface area contributed by atoms with Crippen LogP contribution in [0.3, 0.4) is 0 Å². The lowest BCUT2D eigenvalue weighted by atomic mass is 9.82. The molecule has 0 aliphatic carbocycles. The van der Waals surface area contributed by atoms with Gasteiger partial charge in [0.1, 0.15) is 5.75 Å². The smallest absolute Gasteiger partial charge is 0.356 e. The van der Waals surface area contributed by atoms with Crippen molar-refractivity contribution in [1.29, 1.82) is 0 Å². The molecular weight excluding hydrogens is 371 g/mol. The quantitative estimate of drug-likeness (QED) is 0.468. The zero-order valence-corrected chi connectivity index (χ0v) is 15.8. The molecule has 29 heavy (non-hydrogen) atoms. The second-order valence-electron chi connectivity index (χ2n) is 6.74.